The van der Waals surface area contributed by atoms with Crippen LogP contribution in [0.5, 0.6) is 0 Å². The molecule has 0 aliphatic carbocycles. The van der Waals surface area contributed by atoms with Crippen molar-refractivity contribution in [3.63, 3.8) is 0 Å². The summed E-state index contributed by atoms with van der Waals surface area (Å²) in [6, 6.07) is 10.1. The third-order valence-electron chi connectivity index (χ3n) is 4.91. The van der Waals surface area contributed by atoms with Gasteiger partial charge >= 0.3 is 0 Å². The maximum absolute atomic E-state index is 12.9. The van der Waals surface area contributed by atoms with Crippen molar-refractivity contribution in [2.45, 2.75) is 39.0 Å². The van der Waals surface area contributed by atoms with Crippen molar-refractivity contribution in [2.24, 2.45) is 5.92 Å². The number of piperidine rings is 1. The van der Waals surface area contributed by atoms with Crippen LogP contribution in [0.2, 0.25) is 0 Å². The average molecular weight is 372 g/mol. The Kier molecular flexibility index (Phi) is 6.04. The predicted molar refractivity (Wildman–Crippen MR) is 104 cm³/mol. The fourth-order valence-corrected chi connectivity index (χ4v) is 4.35. The number of hydrogen-bond acceptors (Lipinski definition) is 5. The number of nitrogen functional groups attached to an aromatic ring is 1. The normalized spacial score (nSPS) is 17.3. The van der Waals surface area contributed by atoms with E-state index in [-0.39, 0.29) is 17.6 Å². The van der Waals surface area contributed by atoms with Crippen molar-refractivity contribution in [1.82, 2.24) is 9.88 Å². The van der Waals surface area contributed by atoms with Gasteiger partial charge in [-0.25, -0.2) is 4.98 Å². The van der Waals surface area contributed by atoms with Gasteiger partial charge in [-0.1, -0.05) is 48.6 Å². The Bertz CT molecular complexity index is 773. The van der Waals surface area contributed by atoms with Crippen LogP contribution in [-0.4, -0.2) is 34.7 Å². The highest BCUT2D eigenvalue weighted by Crippen LogP contribution is 2.26. The Balaban J connectivity index is 1.61. The number of amides is 1. The number of carbonyl (C=O) groups excluding carboxylic acids is 2. The van der Waals surface area contributed by atoms with Crippen LogP contribution in [-0.2, 0) is 17.6 Å². The molecule has 2 heterocycles. The van der Waals surface area contributed by atoms with Crippen molar-refractivity contribution in [3.05, 3.63) is 46.5 Å². The van der Waals surface area contributed by atoms with E-state index in [1.54, 1.807) is 4.90 Å². The summed E-state index contributed by atoms with van der Waals surface area (Å²) in [5.74, 6) is 0.161. The van der Waals surface area contributed by atoms with Crippen molar-refractivity contribution < 1.29 is 9.59 Å². The first-order valence-corrected chi connectivity index (χ1v) is 10.0. The Morgan fingerprint density at radius 2 is 2.08 bits per heavy atom. The molecule has 1 aliphatic rings. The molecule has 138 valence electrons. The fourth-order valence-electron chi connectivity index (χ4n) is 3.46. The Morgan fingerprint density at radius 1 is 1.31 bits per heavy atom. The molecule has 0 radical (unpaired) electrons. The second kappa shape index (κ2) is 8.45. The molecule has 1 amide bonds. The first-order valence-electron chi connectivity index (χ1n) is 9.19. The van der Waals surface area contributed by atoms with Crippen LogP contribution < -0.4 is 5.73 Å². The summed E-state index contributed by atoms with van der Waals surface area (Å²) in [6.07, 6.45) is 3.70. The molecule has 0 saturated carbocycles. The Labute approximate surface area is 158 Å². The number of anilines is 1. The smallest absolute Gasteiger partial charge is 0.265 e. The van der Waals surface area contributed by atoms with Crippen LogP contribution in [0.3, 0.4) is 0 Å². The average Bonchev–Trinajstić information content (AvgIpc) is 3.07. The van der Waals surface area contributed by atoms with E-state index in [2.05, 4.69) is 4.98 Å². The highest BCUT2D eigenvalue weighted by Gasteiger charge is 2.30. The minimum atomic E-state index is -0.0632. The van der Waals surface area contributed by atoms with Crippen molar-refractivity contribution in [3.8, 4) is 0 Å². The van der Waals surface area contributed by atoms with Gasteiger partial charge in [0.05, 0.1) is 5.69 Å². The lowest BCUT2D eigenvalue weighted by atomic mass is 9.90. The van der Waals surface area contributed by atoms with Crippen molar-refractivity contribution in [2.75, 3.05) is 18.8 Å². The number of nitrogens with zero attached hydrogens (tertiary/aromatic N) is 2. The van der Waals surface area contributed by atoms with E-state index >= 15 is 0 Å². The molecule has 1 aromatic heterocycles. The lowest BCUT2D eigenvalue weighted by Crippen LogP contribution is -2.42. The van der Waals surface area contributed by atoms with Gasteiger partial charge in [0.1, 0.15) is 10.7 Å². The summed E-state index contributed by atoms with van der Waals surface area (Å²) in [4.78, 5) is 32.2. The van der Waals surface area contributed by atoms with Gasteiger partial charge in [-0.15, -0.1) is 0 Å². The molecule has 1 fully saturated rings. The number of rotatable bonds is 6. The molecule has 0 bridgehead atoms. The molecule has 1 saturated heterocycles. The summed E-state index contributed by atoms with van der Waals surface area (Å²) >= 11 is 1.25. The van der Waals surface area contributed by atoms with E-state index in [9.17, 15) is 9.59 Å². The number of carbonyl (C=O) groups is 2. The molecular weight excluding hydrogens is 346 g/mol. The topological polar surface area (TPSA) is 76.3 Å². The molecule has 1 aromatic carbocycles. The van der Waals surface area contributed by atoms with E-state index in [1.807, 2.05) is 37.3 Å². The van der Waals surface area contributed by atoms with Crippen LogP contribution >= 0.6 is 11.3 Å². The third-order valence-corrected chi connectivity index (χ3v) is 5.82. The lowest BCUT2D eigenvalue weighted by molar-refractivity contribution is -0.124. The number of likely N-dealkylation sites (tertiary alicyclic amines) is 1. The monoisotopic (exact) mass is 371 g/mol. The van der Waals surface area contributed by atoms with Gasteiger partial charge in [0.25, 0.3) is 5.91 Å². The van der Waals surface area contributed by atoms with Crippen LogP contribution in [0.25, 0.3) is 0 Å². The summed E-state index contributed by atoms with van der Waals surface area (Å²) in [5.41, 5.74) is 7.71. The summed E-state index contributed by atoms with van der Waals surface area (Å²) in [6.45, 7) is 3.17. The molecule has 2 aromatic rings. The van der Waals surface area contributed by atoms with Gasteiger partial charge < -0.3 is 10.6 Å². The lowest BCUT2D eigenvalue weighted by Gasteiger charge is -2.32. The van der Waals surface area contributed by atoms with Crippen molar-refractivity contribution in [1.29, 1.82) is 0 Å². The highest BCUT2D eigenvalue weighted by atomic mass is 32.1. The van der Waals surface area contributed by atoms with Gasteiger partial charge in [0, 0.05) is 25.4 Å². The largest absolute Gasteiger partial charge is 0.375 e. The summed E-state index contributed by atoms with van der Waals surface area (Å²) in [7, 11) is 0. The van der Waals surface area contributed by atoms with Crippen LogP contribution in [0.15, 0.2) is 30.3 Å². The highest BCUT2D eigenvalue weighted by molar-refractivity contribution is 7.17. The van der Waals surface area contributed by atoms with Gasteiger partial charge in [0.15, 0.2) is 5.13 Å². The maximum Gasteiger partial charge on any atom is 0.265 e. The molecule has 0 spiro atoms. The van der Waals surface area contributed by atoms with E-state index in [0.717, 1.165) is 25.0 Å². The number of nitrogens with two attached hydrogens (primary N) is 1. The minimum Gasteiger partial charge on any atom is -0.375 e. The molecule has 1 aliphatic heterocycles. The molecule has 3 rings (SSSR count). The Hall–Kier alpha value is -2.21. The van der Waals surface area contributed by atoms with E-state index in [1.165, 1.54) is 16.9 Å². The number of Topliss-reactive ketones (excluding diaryl/α,β-unsaturated/α-hetero) is 1. The zero-order chi connectivity index (χ0) is 18.5. The van der Waals surface area contributed by atoms with Crippen LogP contribution in [0.1, 0.15) is 47.1 Å². The Morgan fingerprint density at radius 3 is 2.81 bits per heavy atom. The molecule has 6 heteroatoms. The van der Waals surface area contributed by atoms with Gasteiger partial charge in [-0.2, -0.15) is 0 Å². The van der Waals surface area contributed by atoms with E-state index < -0.39 is 0 Å². The number of benzene rings is 1. The fraction of sp³-hybridized carbons (Fsp3) is 0.450. The maximum atomic E-state index is 12.9. The van der Waals surface area contributed by atoms with E-state index in [4.69, 9.17) is 5.73 Å². The number of hydrogen-bond donors (Lipinski definition) is 1. The number of aromatic nitrogens is 1. The minimum absolute atomic E-state index is 0.0309. The van der Waals surface area contributed by atoms with Crippen molar-refractivity contribution >= 4 is 28.2 Å². The van der Waals surface area contributed by atoms with Crippen LogP contribution in [0, 0.1) is 5.92 Å². The van der Waals surface area contributed by atoms with Gasteiger partial charge in [-0.3, -0.25) is 9.59 Å². The molecule has 5 nitrogen and oxygen atoms in total. The standard InChI is InChI=1S/C20H25N3O2S/c1-2-16-18(26-20(21)22-16)19(25)23-12-6-9-15(13-23)17(24)11-10-14-7-4-3-5-8-14/h3-5,7-8,15H,2,6,9-13H2,1H3,(H2,21,22). The number of aryl methyl sites for hydroxylation is 2. The second-order valence-electron chi connectivity index (χ2n) is 6.72. The molecule has 2 N–H and O–H groups in total. The zero-order valence-electron chi connectivity index (χ0n) is 15.1. The first-order chi connectivity index (χ1) is 12.6. The molecule has 1 unspecified atom stereocenters. The first kappa shape index (κ1) is 18.6. The second-order valence-corrected chi connectivity index (χ2v) is 7.75. The zero-order valence-corrected chi connectivity index (χ0v) is 15.9. The molecule has 1 atom stereocenters. The van der Waals surface area contributed by atoms with Gasteiger partial charge in [0.2, 0.25) is 0 Å². The third kappa shape index (κ3) is 4.30. The summed E-state index contributed by atoms with van der Waals surface area (Å²) < 4.78 is 0. The quantitative estimate of drug-likeness (QED) is 0.845. The predicted octanol–water partition coefficient (Wildman–Crippen LogP) is 3.34. The molecule has 26 heavy (non-hydrogen) atoms. The number of ketones is 1. The molecular formula is C20H25N3O2S. The SMILES string of the molecule is CCc1nc(N)sc1C(=O)N1CCCC(C(=O)CCc2ccccc2)C1. The van der Waals surface area contributed by atoms with E-state index in [0.29, 0.717) is 35.9 Å². The van der Waals surface area contributed by atoms with Gasteiger partial charge in [-0.05, 0) is 31.2 Å². The summed E-state index contributed by atoms with van der Waals surface area (Å²) in [5, 5.41) is 0.428. The van der Waals surface area contributed by atoms with Crippen LogP contribution in [0.4, 0.5) is 5.13 Å². The number of thiazole rings is 1.